The lowest BCUT2D eigenvalue weighted by atomic mass is 10.3. The van der Waals surface area contributed by atoms with Crippen LogP contribution in [0, 0.1) is 0 Å². The molecule has 0 saturated heterocycles. The Balaban J connectivity index is 2.30. The molecule has 0 bridgehead atoms. The zero-order valence-corrected chi connectivity index (χ0v) is 9.85. The quantitative estimate of drug-likeness (QED) is 0.417. The highest BCUT2D eigenvalue weighted by Crippen LogP contribution is 2.17. The van der Waals surface area contributed by atoms with E-state index in [-0.39, 0.29) is 0 Å². The average molecular weight is 257 g/mol. The normalized spacial score (nSPS) is 12.2. The van der Waals surface area contributed by atoms with E-state index < -0.39 is 5.79 Å². The minimum atomic E-state index is -1.11. The first-order chi connectivity index (χ1) is 9.38. The summed E-state index contributed by atoms with van der Waals surface area (Å²) >= 11 is 0. The molecule has 0 spiro atoms. The Morgan fingerprint density at radius 2 is 1.26 bits per heavy atom. The predicted molar refractivity (Wildman–Crippen MR) is 65.7 cm³/mol. The molecular formula is C11H11N7O. The molecule has 3 heterocycles. The van der Waals surface area contributed by atoms with Gasteiger partial charge in [0.1, 0.15) is 6.21 Å². The Labute approximate surface area is 108 Å². The van der Waals surface area contributed by atoms with Crippen LogP contribution in [0.2, 0.25) is 0 Å². The maximum Gasteiger partial charge on any atom is 0.290 e. The van der Waals surface area contributed by atoms with E-state index in [4.69, 9.17) is 5.21 Å². The highest BCUT2D eigenvalue weighted by atomic mass is 16.4. The fraction of sp³-hybridized carbons (Fsp3) is 0.0909. The second-order valence-electron chi connectivity index (χ2n) is 3.78. The van der Waals surface area contributed by atoms with Crippen LogP contribution < -0.4 is 0 Å². The molecule has 0 aliphatic carbocycles. The summed E-state index contributed by atoms with van der Waals surface area (Å²) in [4.78, 5) is 0. The van der Waals surface area contributed by atoms with Crippen molar-refractivity contribution in [2.45, 2.75) is 5.79 Å². The first kappa shape index (κ1) is 11.2. The highest BCUT2D eigenvalue weighted by molar-refractivity contribution is 5.66. The molecule has 8 heteroatoms. The molecule has 96 valence electrons. The average Bonchev–Trinajstić information content (AvgIpc) is 3.18. The van der Waals surface area contributed by atoms with Gasteiger partial charge in [-0.1, -0.05) is 5.16 Å². The Kier molecular flexibility index (Phi) is 2.60. The third kappa shape index (κ3) is 1.61. The van der Waals surface area contributed by atoms with Crippen LogP contribution in [0.4, 0.5) is 0 Å². The molecule has 0 aliphatic rings. The lowest BCUT2D eigenvalue weighted by molar-refractivity contribution is 0.202. The molecule has 0 saturated carbocycles. The Bertz CT molecular complexity index is 555. The van der Waals surface area contributed by atoms with Gasteiger partial charge in [-0.15, -0.1) is 0 Å². The molecule has 0 amide bonds. The van der Waals surface area contributed by atoms with Gasteiger partial charge in [0.15, 0.2) is 0 Å². The van der Waals surface area contributed by atoms with E-state index in [1.165, 1.54) is 6.21 Å². The van der Waals surface area contributed by atoms with Gasteiger partial charge in [0, 0.05) is 37.2 Å². The Morgan fingerprint density at radius 3 is 1.53 bits per heavy atom. The summed E-state index contributed by atoms with van der Waals surface area (Å²) in [5, 5.41) is 24.8. The van der Waals surface area contributed by atoms with E-state index in [2.05, 4.69) is 20.5 Å². The minimum Gasteiger partial charge on any atom is -0.411 e. The molecule has 0 radical (unpaired) electrons. The fourth-order valence-electron chi connectivity index (χ4n) is 1.96. The summed E-state index contributed by atoms with van der Waals surface area (Å²) in [6.07, 6.45) is 11.4. The van der Waals surface area contributed by atoms with E-state index in [0.29, 0.717) is 0 Å². The number of hydrogen-bond donors (Lipinski definition) is 1. The van der Waals surface area contributed by atoms with E-state index >= 15 is 0 Å². The van der Waals surface area contributed by atoms with Crippen molar-refractivity contribution in [1.29, 1.82) is 0 Å². The zero-order chi connectivity index (χ0) is 13.1. The van der Waals surface area contributed by atoms with Crippen LogP contribution in [-0.4, -0.2) is 40.8 Å². The molecule has 19 heavy (non-hydrogen) atoms. The molecular weight excluding hydrogens is 246 g/mol. The van der Waals surface area contributed by atoms with E-state index in [1.807, 2.05) is 0 Å². The van der Waals surface area contributed by atoms with Crippen LogP contribution in [0.25, 0.3) is 0 Å². The van der Waals surface area contributed by atoms with Crippen molar-refractivity contribution in [3.8, 4) is 0 Å². The predicted octanol–water partition coefficient (Wildman–Crippen LogP) is 0.443. The van der Waals surface area contributed by atoms with Crippen LogP contribution in [0.5, 0.6) is 0 Å². The van der Waals surface area contributed by atoms with Gasteiger partial charge < -0.3 is 5.21 Å². The van der Waals surface area contributed by atoms with Gasteiger partial charge in [0.2, 0.25) is 0 Å². The van der Waals surface area contributed by atoms with E-state index in [1.54, 1.807) is 69.4 Å². The van der Waals surface area contributed by atoms with Crippen molar-refractivity contribution < 1.29 is 5.21 Å². The van der Waals surface area contributed by atoms with Crippen molar-refractivity contribution in [3.05, 3.63) is 55.4 Å². The number of nitrogens with zero attached hydrogens (tertiary/aromatic N) is 7. The van der Waals surface area contributed by atoms with Crippen molar-refractivity contribution in [3.63, 3.8) is 0 Å². The van der Waals surface area contributed by atoms with Gasteiger partial charge in [-0.05, 0) is 18.2 Å². The molecule has 3 rings (SSSR count). The standard InChI is InChI=1S/C11H11N7O/c19-15-10-11(16-7-1-4-12-16,17-8-2-5-13-17)18-9-3-6-14-18/h1-10,19H. The third-order valence-electron chi connectivity index (χ3n) is 2.76. The summed E-state index contributed by atoms with van der Waals surface area (Å²) in [6.45, 7) is 0. The van der Waals surface area contributed by atoms with Crippen LogP contribution in [0.3, 0.4) is 0 Å². The molecule has 0 unspecified atom stereocenters. The first-order valence-corrected chi connectivity index (χ1v) is 5.57. The van der Waals surface area contributed by atoms with Crippen LogP contribution in [-0.2, 0) is 5.79 Å². The lowest BCUT2D eigenvalue weighted by Gasteiger charge is -2.30. The topological polar surface area (TPSA) is 86.0 Å². The SMILES string of the molecule is ON=CC(n1cccn1)(n1cccn1)n1cccn1. The number of aromatic nitrogens is 6. The van der Waals surface area contributed by atoms with Crippen LogP contribution in [0.15, 0.2) is 60.5 Å². The van der Waals surface area contributed by atoms with Gasteiger partial charge in [0.25, 0.3) is 5.79 Å². The number of oxime groups is 1. The van der Waals surface area contributed by atoms with E-state index in [0.717, 1.165) is 0 Å². The summed E-state index contributed by atoms with van der Waals surface area (Å²) in [7, 11) is 0. The largest absolute Gasteiger partial charge is 0.411 e. The molecule has 1 N–H and O–H groups in total. The van der Waals surface area contributed by atoms with Gasteiger partial charge in [-0.3, -0.25) is 0 Å². The Hall–Kier alpha value is -2.90. The molecule has 0 aromatic carbocycles. The smallest absolute Gasteiger partial charge is 0.290 e. The van der Waals surface area contributed by atoms with Crippen LogP contribution >= 0.6 is 0 Å². The monoisotopic (exact) mass is 257 g/mol. The summed E-state index contributed by atoms with van der Waals surface area (Å²) in [6, 6.07) is 5.31. The zero-order valence-electron chi connectivity index (χ0n) is 9.85. The molecule has 8 nitrogen and oxygen atoms in total. The second-order valence-corrected chi connectivity index (χ2v) is 3.78. The highest BCUT2D eigenvalue weighted by Gasteiger charge is 2.37. The van der Waals surface area contributed by atoms with Gasteiger partial charge in [0.05, 0.1) is 0 Å². The molecule has 0 atom stereocenters. The number of hydrogen-bond acceptors (Lipinski definition) is 5. The fourth-order valence-corrected chi connectivity index (χ4v) is 1.96. The van der Waals surface area contributed by atoms with E-state index in [9.17, 15) is 0 Å². The van der Waals surface area contributed by atoms with Crippen molar-refractivity contribution in [1.82, 2.24) is 29.3 Å². The van der Waals surface area contributed by atoms with Crippen molar-refractivity contribution in [2.75, 3.05) is 0 Å². The van der Waals surface area contributed by atoms with Crippen molar-refractivity contribution in [2.24, 2.45) is 5.16 Å². The molecule has 0 fully saturated rings. The van der Waals surface area contributed by atoms with Crippen LogP contribution in [0.1, 0.15) is 0 Å². The second kappa shape index (κ2) is 4.41. The lowest BCUT2D eigenvalue weighted by Crippen LogP contribution is -2.50. The minimum absolute atomic E-state index is 1.11. The molecule has 3 aromatic rings. The Morgan fingerprint density at radius 1 is 0.842 bits per heavy atom. The maximum atomic E-state index is 9.04. The van der Waals surface area contributed by atoms with Gasteiger partial charge >= 0.3 is 0 Å². The molecule has 3 aromatic heterocycles. The van der Waals surface area contributed by atoms with Crippen molar-refractivity contribution >= 4 is 6.21 Å². The molecule has 0 aliphatic heterocycles. The number of rotatable bonds is 4. The summed E-state index contributed by atoms with van der Waals surface area (Å²) in [5.74, 6) is -1.11. The maximum absolute atomic E-state index is 9.04. The summed E-state index contributed by atoms with van der Waals surface area (Å²) < 4.78 is 4.77. The summed E-state index contributed by atoms with van der Waals surface area (Å²) in [5.41, 5.74) is 0. The third-order valence-corrected chi connectivity index (χ3v) is 2.76. The first-order valence-electron chi connectivity index (χ1n) is 5.57. The van der Waals surface area contributed by atoms with Gasteiger partial charge in [-0.2, -0.15) is 15.3 Å². The van der Waals surface area contributed by atoms with Gasteiger partial charge in [-0.25, -0.2) is 14.0 Å².